The molecule has 21 heavy (non-hydrogen) atoms. The molecule has 0 bridgehead atoms. The van der Waals surface area contributed by atoms with E-state index in [1.165, 1.54) is 0 Å². The van der Waals surface area contributed by atoms with Crippen molar-refractivity contribution in [3.05, 3.63) is 47.3 Å². The lowest BCUT2D eigenvalue weighted by Gasteiger charge is -2.27. The molecule has 0 radical (unpaired) electrons. The molecule has 1 unspecified atom stereocenters. The maximum Gasteiger partial charge on any atom is 0.0855 e. The molecule has 2 heterocycles. The molecule has 1 saturated heterocycles. The van der Waals surface area contributed by atoms with Gasteiger partial charge in [0.05, 0.1) is 17.5 Å². The second-order valence-corrected chi connectivity index (χ2v) is 5.86. The molecule has 0 amide bonds. The van der Waals surface area contributed by atoms with E-state index in [1.807, 2.05) is 48.9 Å². The Morgan fingerprint density at radius 2 is 1.86 bits per heavy atom. The third kappa shape index (κ3) is 2.74. The number of hydrogen-bond acceptors (Lipinski definition) is 3. The summed E-state index contributed by atoms with van der Waals surface area (Å²) in [6.07, 6.45) is 1.64. The van der Waals surface area contributed by atoms with Crippen LogP contribution in [0.2, 0.25) is 0 Å². The molecule has 0 spiro atoms. The topological polar surface area (TPSA) is 50.1 Å². The van der Waals surface area contributed by atoms with Crippen molar-refractivity contribution in [2.24, 2.45) is 5.92 Å². The van der Waals surface area contributed by atoms with E-state index in [0.717, 1.165) is 48.6 Å². The van der Waals surface area contributed by atoms with Crippen molar-refractivity contribution in [1.82, 2.24) is 15.1 Å². The molecule has 1 aliphatic rings. The first-order chi connectivity index (χ1) is 10.2. The molecule has 1 fully saturated rings. The van der Waals surface area contributed by atoms with Crippen molar-refractivity contribution in [2.45, 2.75) is 32.8 Å². The lowest BCUT2D eigenvalue weighted by atomic mass is 9.87. The molecule has 0 saturated carbocycles. The van der Waals surface area contributed by atoms with Crippen molar-refractivity contribution in [1.29, 1.82) is 0 Å². The fourth-order valence-electron chi connectivity index (χ4n) is 3.30. The van der Waals surface area contributed by atoms with Crippen molar-refractivity contribution in [3.8, 4) is 5.69 Å². The second kappa shape index (κ2) is 6.00. The molecule has 3 rings (SSSR count). The molecule has 4 nitrogen and oxygen atoms in total. The Balaban J connectivity index is 1.94. The highest BCUT2D eigenvalue weighted by atomic mass is 16.3. The van der Waals surface area contributed by atoms with E-state index in [1.54, 1.807) is 0 Å². The molecule has 1 aliphatic heterocycles. The normalized spacial score (nSPS) is 17.9. The highest BCUT2D eigenvalue weighted by Gasteiger charge is 2.28. The first-order valence-electron chi connectivity index (χ1n) is 7.69. The number of aliphatic hydroxyl groups is 1. The van der Waals surface area contributed by atoms with Crippen LogP contribution in [0, 0.1) is 19.8 Å². The van der Waals surface area contributed by atoms with E-state index in [0.29, 0.717) is 5.92 Å². The summed E-state index contributed by atoms with van der Waals surface area (Å²) in [5.74, 6) is 0.331. The monoisotopic (exact) mass is 285 g/mol. The summed E-state index contributed by atoms with van der Waals surface area (Å²) in [6.45, 7) is 6.03. The van der Waals surface area contributed by atoms with Gasteiger partial charge in [0.2, 0.25) is 0 Å². The van der Waals surface area contributed by atoms with Gasteiger partial charge in [0.1, 0.15) is 0 Å². The Hall–Kier alpha value is -1.65. The van der Waals surface area contributed by atoms with Gasteiger partial charge in [-0.3, -0.25) is 0 Å². The Morgan fingerprint density at radius 3 is 2.52 bits per heavy atom. The molecular weight excluding hydrogens is 262 g/mol. The minimum Gasteiger partial charge on any atom is -0.388 e. The maximum atomic E-state index is 10.8. The highest BCUT2D eigenvalue weighted by molar-refractivity contribution is 5.38. The van der Waals surface area contributed by atoms with Crippen molar-refractivity contribution in [2.75, 3.05) is 13.1 Å². The number of para-hydroxylation sites is 1. The van der Waals surface area contributed by atoms with Gasteiger partial charge in [0, 0.05) is 11.3 Å². The number of hydrogen-bond donors (Lipinski definition) is 2. The van der Waals surface area contributed by atoms with Crippen molar-refractivity contribution >= 4 is 0 Å². The summed E-state index contributed by atoms with van der Waals surface area (Å²) in [5, 5.41) is 18.8. The number of aryl methyl sites for hydroxylation is 1. The number of aliphatic hydroxyl groups excluding tert-OH is 1. The zero-order valence-corrected chi connectivity index (χ0v) is 12.7. The first kappa shape index (κ1) is 14.3. The third-order valence-corrected chi connectivity index (χ3v) is 4.47. The number of aromatic nitrogens is 2. The van der Waals surface area contributed by atoms with E-state index < -0.39 is 6.10 Å². The largest absolute Gasteiger partial charge is 0.388 e. The predicted octanol–water partition coefficient (Wildman–Crippen LogP) is 2.52. The minimum absolute atomic E-state index is 0.331. The number of nitrogens with one attached hydrogen (secondary N) is 1. The van der Waals surface area contributed by atoms with Crippen LogP contribution >= 0.6 is 0 Å². The van der Waals surface area contributed by atoms with Gasteiger partial charge in [-0.25, -0.2) is 4.68 Å². The van der Waals surface area contributed by atoms with Gasteiger partial charge in [-0.15, -0.1) is 0 Å². The number of nitrogens with zero attached hydrogens (tertiary/aromatic N) is 2. The van der Waals surface area contributed by atoms with Gasteiger partial charge < -0.3 is 10.4 Å². The minimum atomic E-state index is -0.412. The Morgan fingerprint density at radius 1 is 1.19 bits per heavy atom. The summed E-state index contributed by atoms with van der Waals surface area (Å²) in [5.41, 5.74) is 4.03. The fraction of sp³-hybridized carbons (Fsp3) is 0.471. The molecule has 1 aromatic carbocycles. The van der Waals surface area contributed by atoms with E-state index in [2.05, 4.69) is 10.4 Å². The number of rotatable bonds is 3. The first-order valence-corrected chi connectivity index (χ1v) is 7.69. The summed E-state index contributed by atoms with van der Waals surface area (Å²) in [6, 6.07) is 10.1. The van der Waals surface area contributed by atoms with Crippen LogP contribution in [0.5, 0.6) is 0 Å². The van der Waals surface area contributed by atoms with Crippen LogP contribution in [0.3, 0.4) is 0 Å². The van der Waals surface area contributed by atoms with E-state index in [9.17, 15) is 5.11 Å². The summed E-state index contributed by atoms with van der Waals surface area (Å²) in [4.78, 5) is 0. The fourth-order valence-corrected chi connectivity index (χ4v) is 3.30. The van der Waals surface area contributed by atoms with Crippen LogP contribution in [-0.4, -0.2) is 28.0 Å². The van der Waals surface area contributed by atoms with E-state index in [4.69, 9.17) is 0 Å². The quantitative estimate of drug-likeness (QED) is 0.911. The van der Waals surface area contributed by atoms with E-state index in [-0.39, 0.29) is 0 Å². The Labute approximate surface area is 125 Å². The molecule has 2 N–H and O–H groups in total. The van der Waals surface area contributed by atoms with Gasteiger partial charge in [-0.1, -0.05) is 18.2 Å². The second-order valence-electron chi connectivity index (χ2n) is 5.86. The standard InChI is InChI=1S/C17H23N3O/c1-12-16(17(21)14-8-10-18-11-9-14)13(2)20(19-12)15-6-4-3-5-7-15/h3-7,14,17-18,21H,8-11H2,1-2H3. The van der Waals surface area contributed by atoms with Crippen LogP contribution in [0.25, 0.3) is 5.69 Å². The highest BCUT2D eigenvalue weighted by Crippen LogP contribution is 2.33. The SMILES string of the molecule is Cc1nn(-c2ccccc2)c(C)c1C(O)C1CCNCC1. The van der Waals surface area contributed by atoms with Crippen molar-refractivity contribution < 1.29 is 5.11 Å². The molecular formula is C17H23N3O. The number of piperidine rings is 1. The molecule has 1 atom stereocenters. The average molecular weight is 285 g/mol. The van der Waals surface area contributed by atoms with Crippen LogP contribution < -0.4 is 5.32 Å². The molecule has 2 aromatic rings. The molecule has 1 aromatic heterocycles. The molecule has 0 aliphatic carbocycles. The maximum absolute atomic E-state index is 10.8. The summed E-state index contributed by atoms with van der Waals surface area (Å²) in [7, 11) is 0. The van der Waals surface area contributed by atoms with Crippen molar-refractivity contribution in [3.63, 3.8) is 0 Å². The van der Waals surface area contributed by atoms with Gasteiger partial charge in [0.25, 0.3) is 0 Å². The smallest absolute Gasteiger partial charge is 0.0855 e. The third-order valence-electron chi connectivity index (χ3n) is 4.47. The zero-order chi connectivity index (χ0) is 14.8. The predicted molar refractivity (Wildman–Crippen MR) is 83.6 cm³/mol. The van der Waals surface area contributed by atoms with Gasteiger partial charge in [-0.05, 0) is 57.8 Å². The van der Waals surface area contributed by atoms with Crippen LogP contribution in [0.1, 0.15) is 35.9 Å². The Bertz CT molecular complexity index is 600. The van der Waals surface area contributed by atoms with E-state index >= 15 is 0 Å². The number of benzene rings is 1. The lowest BCUT2D eigenvalue weighted by molar-refractivity contribution is 0.0878. The average Bonchev–Trinajstić information content (AvgIpc) is 2.83. The van der Waals surface area contributed by atoms with Gasteiger partial charge in [0.15, 0.2) is 0 Å². The summed E-state index contributed by atoms with van der Waals surface area (Å²) >= 11 is 0. The zero-order valence-electron chi connectivity index (χ0n) is 12.7. The molecule has 4 heteroatoms. The van der Waals surface area contributed by atoms with Gasteiger partial charge in [-0.2, -0.15) is 5.10 Å². The summed E-state index contributed by atoms with van der Waals surface area (Å²) < 4.78 is 1.94. The lowest BCUT2D eigenvalue weighted by Crippen LogP contribution is -2.31. The van der Waals surface area contributed by atoms with Crippen LogP contribution in [0.15, 0.2) is 30.3 Å². The van der Waals surface area contributed by atoms with Crippen LogP contribution in [-0.2, 0) is 0 Å². The van der Waals surface area contributed by atoms with Crippen LogP contribution in [0.4, 0.5) is 0 Å². The Kier molecular flexibility index (Phi) is 4.08. The van der Waals surface area contributed by atoms with Gasteiger partial charge >= 0.3 is 0 Å². The molecule has 112 valence electrons.